The minimum Gasteiger partial charge on any atom is -0.271 e. The van der Waals surface area contributed by atoms with Gasteiger partial charge in [-0.1, -0.05) is 6.07 Å². The van der Waals surface area contributed by atoms with E-state index in [1.807, 2.05) is 0 Å². The number of nitrogens with two attached hydrogens (primary N) is 1. The molecule has 0 fully saturated rings. The molecule has 0 aromatic heterocycles. The van der Waals surface area contributed by atoms with Crippen LogP contribution >= 0.6 is 0 Å². The summed E-state index contributed by atoms with van der Waals surface area (Å²) >= 11 is 0. The molecule has 0 amide bonds. The lowest BCUT2D eigenvalue weighted by Crippen LogP contribution is -2.30. The van der Waals surface area contributed by atoms with E-state index in [0.717, 1.165) is 18.4 Å². The molecule has 1 unspecified atom stereocenters. The molecule has 0 heterocycles. The van der Waals surface area contributed by atoms with Crippen molar-refractivity contribution < 1.29 is 17.2 Å². The van der Waals surface area contributed by atoms with Gasteiger partial charge in [0.25, 0.3) is 0 Å². The van der Waals surface area contributed by atoms with Crippen molar-refractivity contribution in [3.8, 4) is 0 Å². The average molecular weight is 264 g/mol. The van der Waals surface area contributed by atoms with Crippen LogP contribution < -0.4 is 11.3 Å². The third-order valence-electron chi connectivity index (χ3n) is 2.32. The lowest BCUT2D eigenvalue weighted by Gasteiger charge is -2.16. The Morgan fingerprint density at radius 3 is 2.53 bits per heavy atom. The third-order valence-corrected chi connectivity index (χ3v) is 3.29. The molecule has 0 aliphatic carbocycles. The van der Waals surface area contributed by atoms with Crippen molar-refractivity contribution in [2.24, 2.45) is 5.84 Å². The normalized spacial score (nSPS) is 13.6. The van der Waals surface area contributed by atoms with Crippen molar-refractivity contribution in [3.63, 3.8) is 0 Å². The lowest BCUT2D eigenvalue weighted by molar-refractivity contribution is 0.492. The molecule has 0 saturated heterocycles. The zero-order valence-electron chi connectivity index (χ0n) is 9.28. The van der Waals surface area contributed by atoms with E-state index in [1.165, 1.54) is 6.07 Å². The summed E-state index contributed by atoms with van der Waals surface area (Å²) in [5, 5.41) is 0. The van der Waals surface area contributed by atoms with Crippen LogP contribution in [-0.4, -0.2) is 20.4 Å². The lowest BCUT2D eigenvalue weighted by atomic mass is 10.0. The van der Waals surface area contributed by atoms with Gasteiger partial charge in [0.1, 0.15) is 21.5 Å². The van der Waals surface area contributed by atoms with Crippen molar-refractivity contribution in [1.82, 2.24) is 5.43 Å². The second-order valence-electron chi connectivity index (χ2n) is 3.80. The number of halogens is 2. The number of hydrogen-bond donors (Lipinski definition) is 2. The van der Waals surface area contributed by atoms with Crippen LogP contribution in [0, 0.1) is 11.6 Å². The van der Waals surface area contributed by atoms with Crippen molar-refractivity contribution in [3.05, 3.63) is 35.4 Å². The summed E-state index contributed by atoms with van der Waals surface area (Å²) in [7, 11) is -3.15. The highest BCUT2D eigenvalue weighted by molar-refractivity contribution is 7.90. The molecule has 7 heteroatoms. The molecule has 0 radical (unpaired) electrons. The first-order valence-corrected chi connectivity index (χ1v) is 6.98. The predicted octanol–water partition coefficient (Wildman–Crippen LogP) is 0.904. The number of rotatable bonds is 5. The Bertz CT molecular complexity index is 491. The first kappa shape index (κ1) is 14.0. The van der Waals surface area contributed by atoms with E-state index in [4.69, 9.17) is 5.84 Å². The molecule has 1 rings (SSSR count). The monoisotopic (exact) mass is 264 g/mol. The van der Waals surface area contributed by atoms with E-state index in [1.54, 1.807) is 0 Å². The fourth-order valence-electron chi connectivity index (χ4n) is 1.44. The maximum absolute atomic E-state index is 13.4. The van der Waals surface area contributed by atoms with E-state index in [9.17, 15) is 17.2 Å². The Morgan fingerprint density at radius 2 is 2.06 bits per heavy atom. The zero-order valence-corrected chi connectivity index (χ0v) is 10.1. The predicted molar refractivity (Wildman–Crippen MR) is 60.7 cm³/mol. The van der Waals surface area contributed by atoms with Crippen LogP contribution in [0.25, 0.3) is 0 Å². The summed E-state index contributed by atoms with van der Waals surface area (Å²) in [6.07, 6.45) is 1.21. The van der Waals surface area contributed by atoms with Crippen LogP contribution in [0.5, 0.6) is 0 Å². The third kappa shape index (κ3) is 4.37. The van der Waals surface area contributed by atoms with Crippen molar-refractivity contribution in [1.29, 1.82) is 0 Å². The number of nitrogens with one attached hydrogen (secondary N) is 1. The molecule has 1 atom stereocenters. The summed E-state index contributed by atoms with van der Waals surface area (Å²) in [5.41, 5.74) is 2.47. The van der Waals surface area contributed by atoms with Gasteiger partial charge in [0.15, 0.2) is 0 Å². The quantitative estimate of drug-likeness (QED) is 0.612. The average Bonchev–Trinajstić information content (AvgIpc) is 2.19. The standard InChI is InChI=1S/C10H14F2N2O2S/c1-17(15,16)5-4-10(14-13)8-3-2-7(11)6-9(8)12/h2-3,6,10,14H,4-5,13H2,1H3. The molecule has 4 nitrogen and oxygen atoms in total. The van der Waals surface area contributed by atoms with Crippen LogP contribution in [0.15, 0.2) is 18.2 Å². The van der Waals surface area contributed by atoms with E-state index in [2.05, 4.69) is 5.43 Å². The number of hydrogen-bond acceptors (Lipinski definition) is 4. The molecule has 1 aromatic carbocycles. The second-order valence-corrected chi connectivity index (χ2v) is 6.06. The van der Waals surface area contributed by atoms with Gasteiger partial charge >= 0.3 is 0 Å². The fourth-order valence-corrected chi connectivity index (χ4v) is 2.11. The van der Waals surface area contributed by atoms with Crippen molar-refractivity contribution in [2.75, 3.05) is 12.0 Å². The first-order chi connectivity index (χ1) is 7.83. The minimum atomic E-state index is -3.15. The zero-order chi connectivity index (χ0) is 13.1. The Kier molecular flexibility index (Phi) is 4.55. The number of benzene rings is 1. The van der Waals surface area contributed by atoms with Gasteiger partial charge in [-0.25, -0.2) is 17.2 Å². The maximum Gasteiger partial charge on any atom is 0.147 e. The van der Waals surface area contributed by atoms with Gasteiger partial charge in [0.2, 0.25) is 0 Å². The van der Waals surface area contributed by atoms with Gasteiger partial charge in [-0.3, -0.25) is 11.3 Å². The molecular formula is C10H14F2N2O2S. The van der Waals surface area contributed by atoms with Crippen LogP contribution in [0.3, 0.4) is 0 Å². The number of sulfone groups is 1. The second kappa shape index (κ2) is 5.52. The van der Waals surface area contributed by atoms with Gasteiger partial charge < -0.3 is 0 Å². The summed E-state index contributed by atoms with van der Waals surface area (Å²) in [6, 6.07) is 2.42. The molecule has 1 aromatic rings. The van der Waals surface area contributed by atoms with Gasteiger partial charge in [-0.2, -0.15) is 0 Å². The van der Waals surface area contributed by atoms with Gasteiger partial charge in [-0.05, 0) is 12.5 Å². The summed E-state index contributed by atoms with van der Waals surface area (Å²) in [6.45, 7) is 0. The Morgan fingerprint density at radius 1 is 1.41 bits per heavy atom. The molecule has 96 valence electrons. The molecule has 0 aliphatic rings. The van der Waals surface area contributed by atoms with Gasteiger partial charge in [0, 0.05) is 23.9 Å². The van der Waals surface area contributed by atoms with Crippen LogP contribution in [0.2, 0.25) is 0 Å². The van der Waals surface area contributed by atoms with Gasteiger partial charge in [-0.15, -0.1) is 0 Å². The highest BCUT2D eigenvalue weighted by Gasteiger charge is 2.17. The number of hydrazine groups is 1. The van der Waals surface area contributed by atoms with Crippen LogP contribution in [0.1, 0.15) is 18.0 Å². The van der Waals surface area contributed by atoms with Crippen molar-refractivity contribution in [2.45, 2.75) is 12.5 Å². The minimum absolute atomic E-state index is 0.123. The highest BCUT2D eigenvalue weighted by atomic mass is 32.2. The molecule has 0 saturated carbocycles. The topological polar surface area (TPSA) is 72.2 Å². The highest BCUT2D eigenvalue weighted by Crippen LogP contribution is 2.20. The van der Waals surface area contributed by atoms with Gasteiger partial charge in [0.05, 0.1) is 5.75 Å². The van der Waals surface area contributed by atoms with E-state index < -0.39 is 27.5 Å². The molecule has 0 aliphatic heterocycles. The first-order valence-electron chi connectivity index (χ1n) is 4.92. The summed E-state index contributed by atoms with van der Waals surface area (Å²) < 4.78 is 48.1. The Hall–Kier alpha value is -1.05. The van der Waals surface area contributed by atoms with E-state index >= 15 is 0 Å². The fraction of sp³-hybridized carbons (Fsp3) is 0.400. The van der Waals surface area contributed by atoms with Crippen molar-refractivity contribution >= 4 is 9.84 Å². The molecule has 0 bridgehead atoms. The molecular weight excluding hydrogens is 250 g/mol. The van der Waals surface area contributed by atoms with Crippen LogP contribution in [0.4, 0.5) is 8.78 Å². The summed E-state index contributed by atoms with van der Waals surface area (Å²) in [5.74, 6) is 3.67. The maximum atomic E-state index is 13.4. The SMILES string of the molecule is CS(=O)(=O)CCC(NN)c1ccc(F)cc1F. The Balaban J connectivity index is 2.86. The molecule has 0 spiro atoms. The van der Waals surface area contributed by atoms with E-state index in [-0.39, 0.29) is 17.7 Å². The summed E-state index contributed by atoms with van der Waals surface area (Å²) in [4.78, 5) is 0. The smallest absolute Gasteiger partial charge is 0.147 e. The van der Waals surface area contributed by atoms with Crippen LogP contribution in [-0.2, 0) is 9.84 Å². The largest absolute Gasteiger partial charge is 0.271 e. The molecule has 3 N–H and O–H groups in total. The van der Waals surface area contributed by atoms with E-state index in [0.29, 0.717) is 0 Å². The molecule has 17 heavy (non-hydrogen) atoms. The Labute approximate surface area is 98.7 Å².